The lowest BCUT2D eigenvalue weighted by molar-refractivity contribution is -0.205. The number of carbonyl (C=O) groups excluding carboxylic acids is 1. The fourth-order valence-corrected chi connectivity index (χ4v) is 4.61. The molecule has 2 heterocycles. The molecule has 1 aliphatic carbocycles. The lowest BCUT2D eigenvalue weighted by atomic mass is 9.95. The lowest BCUT2D eigenvalue weighted by Crippen LogP contribution is -2.44. The number of hydrogen-bond acceptors (Lipinski definition) is 7. The van der Waals surface area contributed by atoms with Crippen molar-refractivity contribution in [2.45, 2.75) is 70.3 Å². The normalized spacial score (nSPS) is 17.2. The number of nitrogens with one attached hydrogen (secondary N) is 2. The van der Waals surface area contributed by atoms with Crippen molar-refractivity contribution in [2.75, 3.05) is 51.3 Å². The number of rotatable bonds is 13. The Morgan fingerprint density at radius 1 is 1.24 bits per heavy atom. The summed E-state index contributed by atoms with van der Waals surface area (Å²) in [5, 5.41) is 16.0. The smallest absolute Gasteiger partial charge is 0.246 e. The van der Waals surface area contributed by atoms with Crippen LogP contribution in [0.15, 0.2) is 23.3 Å². The number of aliphatic imine (C=N–C) groups is 1. The van der Waals surface area contributed by atoms with E-state index in [-0.39, 0.29) is 17.9 Å². The van der Waals surface area contributed by atoms with Gasteiger partial charge in [-0.1, -0.05) is 32.1 Å². The van der Waals surface area contributed by atoms with Crippen molar-refractivity contribution in [1.29, 1.82) is 5.26 Å². The number of guanidine groups is 1. The van der Waals surface area contributed by atoms with Gasteiger partial charge in [-0.2, -0.15) is 9.65 Å². The van der Waals surface area contributed by atoms with Crippen molar-refractivity contribution in [3.8, 4) is 6.19 Å². The Kier molecular flexibility index (Phi) is 13.1. The second-order valence-electron chi connectivity index (χ2n) is 9.42. The largest absolute Gasteiger partial charge is 0.379 e. The Hall–Kier alpha value is -2.81. The van der Waals surface area contributed by atoms with Crippen LogP contribution >= 0.6 is 0 Å². The van der Waals surface area contributed by atoms with Crippen LogP contribution in [0.5, 0.6) is 0 Å². The van der Waals surface area contributed by atoms with Gasteiger partial charge in [0, 0.05) is 50.6 Å². The standard InChI is InChI=1S/C26H40FN7O3/c27-24-20-22(11-13-29-24)32-26(31-21-28)30-12-7-2-1-6-10-25(35)34(23-8-4-3-5-9-23)37-19-16-33-14-17-36-18-15-33/h11,13,20,23H,1-10,12,14-19H2,(H2,29,30,31,32). The fraction of sp³-hybridized carbons (Fsp3) is 0.692. The average Bonchev–Trinajstić information content (AvgIpc) is 2.91. The zero-order valence-corrected chi connectivity index (χ0v) is 21.7. The summed E-state index contributed by atoms with van der Waals surface area (Å²) in [5.74, 6) is -0.262. The maximum absolute atomic E-state index is 13.3. The summed E-state index contributed by atoms with van der Waals surface area (Å²) >= 11 is 0. The summed E-state index contributed by atoms with van der Waals surface area (Å²) in [5.41, 5.74) is 0.460. The SMILES string of the molecule is N#CNC(=NCCCCCCC(=O)N(OCCN1CCOCC1)C1CCCCC1)Nc1ccnc(F)c1. The van der Waals surface area contributed by atoms with E-state index in [4.69, 9.17) is 14.8 Å². The zero-order chi connectivity index (χ0) is 26.1. The molecule has 0 radical (unpaired) electrons. The van der Waals surface area contributed by atoms with Gasteiger partial charge < -0.3 is 10.1 Å². The molecule has 3 rings (SSSR count). The van der Waals surface area contributed by atoms with E-state index in [0.717, 1.165) is 84.2 Å². The number of hydroxylamine groups is 2. The van der Waals surface area contributed by atoms with E-state index in [1.54, 1.807) is 11.1 Å². The van der Waals surface area contributed by atoms with Gasteiger partial charge in [-0.05, 0) is 31.7 Å². The van der Waals surface area contributed by atoms with Gasteiger partial charge in [0.05, 0.1) is 25.9 Å². The Labute approximate surface area is 219 Å². The Morgan fingerprint density at radius 2 is 2.03 bits per heavy atom. The third kappa shape index (κ3) is 11.0. The van der Waals surface area contributed by atoms with Gasteiger partial charge in [0.15, 0.2) is 6.19 Å². The van der Waals surface area contributed by atoms with E-state index in [1.165, 1.54) is 18.7 Å². The maximum Gasteiger partial charge on any atom is 0.246 e. The molecule has 37 heavy (non-hydrogen) atoms. The van der Waals surface area contributed by atoms with Crippen LogP contribution in [0.3, 0.4) is 0 Å². The lowest BCUT2D eigenvalue weighted by Gasteiger charge is -2.34. The minimum Gasteiger partial charge on any atom is -0.379 e. The van der Waals surface area contributed by atoms with E-state index in [2.05, 4.69) is 25.5 Å². The van der Waals surface area contributed by atoms with Crippen LogP contribution in [-0.2, 0) is 14.4 Å². The highest BCUT2D eigenvalue weighted by molar-refractivity contribution is 5.94. The molecule has 1 saturated carbocycles. The van der Waals surface area contributed by atoms with Crippen LogP contribution in [0.4, 0.5) is 10.1 Å². The quantitative estimate of drug-likeness (QED) is 0.0778. The second kappa shape index (κ2) is 16.8. The first-order valence-corrected chi connectivity index (χ1v) is 13.5. The van der Waals surface area contributed by atoms with Crippen molar-refractivity contribution in [2.24, 2.45) is 4.99 Å². The molecule has 0 atom stereocenters. The van der Waals surface area contributed by atoms with Gasteiger partial charge in [0.2, 0.25) is 17.8 Å². The fourth-order valence-electron chi connectivity index (χ4n) is 4.61. The van der Waals surface area contributed by atoms with Gasteiger partial charge in [-0.3, -0.25) is 24.8 Å². The Bertz CT molecular complexity index is 883. The number of aromatic nitrogens is 1. The molecule has 1 saturated heterocycles. The number of anilines is 1. The molecule has 0 unspecified atom stereocenters. The van der Waals surface area contributed by atoms with E-state index in [0.29, 0.717) is 25.3 Å². The molecule has 1 aromatic rings. The minimum absolute atomic E-state index is 0.0844. The predicted molar refractivity (Wildman–Crippen MR) is 139 cm³/mol. The number of morpholine rings is 1. The number of nitriles is 1. The molecule has 204 valence electrons. The van der Waals surface area contributed by atoms with Crippen LogP contribution < -0.4 is 10.6 Å². The molecular formula is C26H40FN7O3. The first kappa shape index (κ1) is 28.8. The Morgan fingerprint density at radius 3 is 2.78 bits per heavy atom. The molecule has 0 bridgehead atoms. The molecule has 11 heteroatoms. The molecule has 2 N–H and O–H groups in total. The molecule has 1 aliphatic heterocycles. The van der Waals surface area contributed by atoms with Gasteiger partial charge in [0.1, 0.15) is 0 Å². The van der Waals surface area contributed by atoms with E-state index < -0.39 is 5.95 Å². The first-order chi connectivity index (χ1) is 18.2. The molecule has 2 fully saturated rings. The van der Waals surface area contributed by atoms with E-state index in [1.807, 2.05) is 6.19 Å². The van der Waals surface area contributed by atoms with Crippen molar-refractivity contribution in [3.63, 3.8) is 0 Å². The number of ether oxygens (including phenoxy) is 1. The number of carbonyl (C=O) groups is 1. The third-order valence-corrected chi connectivity index (χ3v) is 6.63. The molecular weight excluding hydrogens is 477 g/mol. The van der Waals surface area contributed by atoms with Crippen molar-refractivity contribution >= 4 is 17.6 Å². The highest BCUT2D eigenvalue weighted by atomic mass is 19.1. The van der Waals surface area contributed by atoms with Crippen LogP contribution in [0, 0.1) is 17.4 Å². The second-order valence-corrected chi connectivity index (χ2v) is 9.42. The first-order valence-electron chi connectivity index (χ1n) is 13.5. The van der Waals surface area contributed by atoms with Crippen LogP contribution in [0.1, 0.15) is 64.2 Å². The van der Waals surface area contributed by atoms with Crippen LogP contribution in [0.2, 0.25) is 0 Å². The van der Waals surface area contributed by atoms with E-state index in [9.17, 15) is 9.18 Å². The van der Waals surface area contributed by atoms with Gasteiger partial charge in [0.25, 0.3) is 0 Å². The van der Waals surface area contributed by atoms with Crippen molar-refractivity contribution < 1.29 is 18.8 Å². The number of pyridine rings is 1. The van der Waals surface area contributed by atoms with Crippen LogP contribution in [-0.4, -0.2) is 78.9 Å². The summed E-state index contributed by atoms with van der Waals surface area (Å²) in [7, 11) is 0. The number of nitrogens with zero attached hydrogens (tertiary/aromatic N) is 5. The highest BCUT2D eigenvalue weighted by Gasteiger charge is 2.26. The Balaban J connectivity index is 1.36. The summed E-state index contributed by atoms with van der Waals surface area (Å²) in [6.45, 7) is 5.20. The minimum atomic E-state index is -0.611. The van der Waals surface area contributed by atoms with Gasteiger partial charge in [-0.15, -0.1) is 0 Å². The molecule has 1 aromatic heterocycles. The summed E-state index contributed by atoms with van der Waals surface area (Å²) in [6, 6.07) is 3.01. The maximum atomic E-state index is 13.3. The highest BCUT2D eigenvalue weighted by Crippen LogP contribution is 2.24. The zero-order valence-electron chi connectivity index (χ0n) is 21.7. The number of halogens is 1. The van der Waals surface area contributed by atoms with Gasteiger partial charge in [-0.25, -0.2) is 10.0 Å². The van der Waals surface area contributed by atoms with Gasteiger partial charge >= 0.3 is 0 Å². The summed E-state index contributed by atoms with van der Waals surface area (Å²) < 4.78 is 18.7. The van der Waals surface area contributed by atoms with Crippen LogP contribution in [0.25, 0.3) is 0 Å². The molecule has 1 amide bonds. The monoisotopic (exact) mass is 517 g/mol. The molecule has 0 aromatic carbocycles. The summed E-state index contributed by atoms with van der Waals surface area (Å²) in [4.78, 5) is 29.3. The third-order valence-electron chi connectivity index (χ3n) is 6.63. The number of unbranched alkanes of at least 4 members (excludes halogenated alkanes) is 3. The average molecular weight is 518 g/mol. The van der Waals surface area contributed by atoms with Crippen molar-refractivity contribution in [3.05, 3.63) is 24.3 Å². The topological polar surface area (TPSA) is 115 Å². The molecule has 10 nitrogen and oxygen atoms in total. The molecule has 2 aliphatic rings. The number of amides is 1. The van der Waals surface area contributed by atoms with E-state index >= 15 is 0 Å². The molecule has 0 spiro atoms. The summed E-state index contributed by atoms with van der Waals surface area (Å²) in [6.07, 6.45) is 12.7. The predicted octanol–water partition coefficient (Wildman–Crippen LogP) is 3.43. The number of hydrogen-bond donors (Lipinski definition) is 2. The van der Waals surface area contributed by atoms with Crippen molar-refractivity contribution in [1.82, 2.24) is 20.3 Å².